The number of aromatic carboxylic acids is 1. The second-order valence-electron chi connectivity index (χ2n) is 3.60. The first-order chi connectivity index (χ1) is 7.75. The Morgan fingerprint density at radius 2 is 1.88 bits per heavy atom. The first-order valence-corrected chi connectivity index (χ1v) is 4.88. The van der Waals surface area contributed by atoms with Crippen molar-refractivity contribution in [3.63, 3.8) is 0 Å². The zero-order chi connectivity index (χ0) is 11.1. The van der Waals surface area contributed by atoms with E-state index >= 15 is 0 Å². The van der Waals surface area contributed by atoms with Crippen molar-refractivity contribution in [3.8, 4) is 0 Å². The Morgan fingerprint density at radius 3 is 2.69 bits per heavy atom. The summed E-state index contributed by atoms with van der Waals surface area (Å²) in [5.74, 6) is -1.42. The van der Waals surface area contributed by atoms with Gasteiger partial charge in [0.1, 0.15) is 11.6 Å². The lowest BCUT2D eigenvalue weighted by atomic mass is 10.1. The van der Waals surface area contributed by atoms with E-state index in [9.17, 15) is 9.90 Å². The number of hydrogen-bond acceptors (Lipinski definition) is 3. The van der Waals surface area contributed by atoms with Crippen LogP contribution in [0.15, 0.2) is 46.9 Å². The summed E-state index contributed by atoms with van der Waals surface area (Å²) in [6, 6.07) is 12.9. The molecule has 0 bridgehead atoms. The van der Waals surface area contributed by atoms with Crippen molar-refractivity contribution >= 4 is 27.7 Å². The van der Waals surface area contributed by atoms with Crippen LogP contribution in [0.5, 0.6) is 0 Å². The molecule has 3 rings (SSSR count). The second kappa shape index (κ2) is 3.10. The SMILES string of the molecule is O=C([O-])c1cc2c(ccc3ccccc32)o1. The lowest BCUT2D eigenvalue weighted by Crippen LogP contribution is -2.21. The fraction of sp³-hybridized carbons (Fsp3) is 0. The molecule has 2 aromatic carbocycles. The predicted octanol–water partition coefficient (Wildman–Crippen LogP) is 1.95. The van der Waals surface area contributed by atoms with Crippen molar-refractivity contribution in [2.24, 2.45) is 0 Å². The molecule has 0 N–H and O–H groups in total. The molecule has 0 amide bonds. The Kier molecular flexibility index (Phi) is 1.74. The van der Waals surface area contributed by atoms with Crippen molar-refractivity contribution in [2.45, 2.75) is 0 Å². The van der Waals surface area contributed by atoms with Gasteiger partial charge in [-0.05, 0) is 22.9 Å². The zero-order valence-electron chi connectivity index (χ0n) is 8.27. The third-order valence-corrected chi connectivity index (χ3v) is 2.63. The third kappa shape index (κ3) is 1.18. The molecule has 78 valence electrons. The summed E-state index contributed by atoms with van der Waals surface area (Å²) >= 11 is 0. The average molecular weight is 211 g/mol. The van der Waals surface area contributed by atoms with E-state index < -0.39 is 5.97 Å². The lowest BCUT2D eigenvalue weighted by molar-refractivity contribution is -0.256. The first kappa shape index (κ1) is 8.97. The van der Waals surface area contributed by atoms with Crippen molar-refractivity contribution in [3.05, 3.63) is 48.2 Å². The molecule has 3 aromatic rings. The molecule has 3 heteroatoms. The van der Waals surface area contributed by atoms with E-state index in [1.54, 1.807) is 6.07 Å². The van der Waals surface area contributed by atoms with E-state index in [2.05, 4.69) is 0 Å². The molecule has 0 spiro atoms. The highest BCUT2D eigenvalue weighted by atomic mass is 16.4. The number of benzene rings is 2. The Morgan fingerprint density at radius 1 is 1.06 bits per heavy atom. The van der Waals surface area contributed by atoms with E-state index in [4.69, 9.17) is 4.42 Å². The second-order valence-corrected chi connectivity index (χ2v) is 3.60. The van der Waals surface area contributed by atoms with Gasteiger partial charge in [-0.15, -0.1) is 0 Å². The summed E-state index contributed by atoms with van der Waals surface area (Å²) in [7, 11) is 0. The van der Waals surface area contributed by atoms with Crippen LogP contribution in [0.25, 0.3) is 21.7 Å². The maximum absolute atomic E-state index is 10.7. The van der Waals surface area contributed by atoms with Crippen molar-refractivity contribution in [1.82, 2.24) is 0 Å². The van der Waals surface area contributed by atoms with E-state index in [0.717, 1.165) is 16.2 Å². The Labute approximate surface area is 90.9 Å². The Balaban J connectivity index is 2.46. The van der Waals surface area contributed by atoms with Gasteiger partial charge in [0.15, 0.2) is 5.76 Å². The fourth-order valence-electron chi connectivity index (χ4n) is 1.89. The highest BCUT2D eigenvalue weighted by Gasteiger charge is 2.07. The molecule has 0 aliphatic carbocycles. The average Bonchev–Trinajstić information content (AvgIpc) is 2.73. The number of hydrogen-bond donors (Lipinski definition) is 0. The van der Waals surface area contributed by atoms with Gasteiger partial charge in [0.05, 0.1) is 0 Å². The minimum atomic E-state index is -1.29. The zero-order valence-corrected chi connectivity index (χ0v) is 8.27. The van der Waals surface area contributed by atoms with Crippen LogP contribution in [0.3, 0.4) is 0 Å². The smallest absolute Gasteiger partial charge is 0.150 e. The number of carbonyl (C=O) groups is 1. The molecule has 0 aliphatic rings. The van der Waals surface area contributed by atoms with Gasteiger partial charge in [-0.2, -0.15) is 0 Å². The van der Waals surface area contributed by atoms with Crippen molar-refractivity contribution in [1.29, 1.82) is 0 Å². The summed E-state index contributed by atoms with van der Waals surface area (Å²) in [6.45, 7) is 0. The van der Waals surface area contributed by atoms with Gasteiger partial charge < -0.3 is 14.3 Å². The normalized spacial score (nSPS) is 11.0. The molecular weight excluding hydrogens is 204 g/mol. The standard InChI is InChI=1S/C13H8O3/c14-13(15)12-7-10-9-4-2-1-3-8(9)5-6-11(10)16-12/h1-7H,(H,14,15)/p-1. The van der Waals surface area contributed by atoms with Crippen molar-refractivity contribution in [2.75, 3.05) is 0 Å². The molecular formula is C13H7O3-. The maximum atomic E-state index is 10.7. The van der Waals surface area contributed by atoms with Gasteiger partial charge in [-0.3, -0.25) is 0 Å². The summed E-state index contributed by atoms with van der Waals surface area (Å²) in [5.41, 5.74) is 0.568. The van der Waals surface area contributed by atoms with Crippen LogP contribution < -0.4 is 5.11 Å². The minimum Gasteiger partial charge on any atom is -0.542 e. The molecule has 0 radical (unpaired) electrons. The quantitative estimate of drug-likeness (QED) is 0.618. The van der Waals surface area contributed by atoms with Gasteiger partial charge in [0.2, 0.25) is 0 Å². The number of furan rings is 1. The van der Waals surface area contributed by atoms with E-state index in [-0.39, 0.29) is 5.76 Å². The number of carboxylic acid groups (broad SMARTS) is 1. The van der Waals surface area contributed by atoms with Crippen LogP contribution in [0.4, 0.5) is 0 Å². The Hall–Kier alpha value is -2.29. The van der Waals surface area contributed by atoms with Gasteiger partial charge in [0, 0.05) is 5.39 Å². The molecule has 0 saturated heterocycles. The van der Waals surface area contributed by atoms with E-state index in [1.165, 1.54) is 6.07 Å². The number of rotatable bonds is 1. The van der Waals surface area contributed by atoms with Gasteiger partial charge in [-0.25, -0.2) is 0 Å². The number of carbonyl (C=O) groups excluding carboxylic acids is 1. The summed E-state index contributed by atoms with van der Waals surface area (Å²) in [5, 5.41) is 13.5. The molecule has 3 nitrogen and oxygen atoms in total. The van der Waals surface area contributed by atoms with Gasteiger partial charge in [0.25, 0.3) is 0 Å². The largest absolute Gasteiger partial charge is 0.542 e. The van der Waals surface area contributed by atoms with Crippen LogP contribution >= 0.6 is 0 Å². The minimum absolute atomic E-state index is 0.133. The van der Waals surface area contributed by atoms with Crippen molar-refractivity contribution < 1.29 is 14.3 Å². The van der Waals surface area contributed by atoms with E-state index in [0.29, 0.717) is 5.58 Å². The molecule has 0 atom stereocenters. The highest BCUT2D eigenvalue weighted by molar-refractivity contribution is 6.07. The van der Waals surface area contributed by atoms with Crippen LogP contribution in [0, 0.1) is 0 Å². The summed E-state index contributed by atoms with van der Waals surface area (Å²) in [4.78, 5) is 10.7. The monoisotopic (exact) mass is 211 g/mol. The van der Waals surface area contributed by atoms with Crippen LogP contribution in [0.2, 0.25) is 0 Å². The maximum Gasteiger partial charge on any atom is 0.150 e. The molecule has 0 saturated carbocycles. The topological polar surface area (TPSA) is 53.3 Å². The van der Waals surface area contributed by atoms with E-state index in [1.807, 2.05) is 30.3 Å². The molecule has 0 fully saturated rings. The summed E-state index contributed by atoms with van der Waals surface area (Å²) in [6.07, 6.45) is 0. The molecule has 0 unspecified atom stereocenters. The molecule has 1 heterocycles. The van der Waals surface area contributed by atoms with Crippen LogP contribution in [-0.2, 0) is 0 Å². The van der Waals surface area contributed by atoms with Crippen LogP contribution in [0.1, 0.15) is 10.6 Å². The highest BCUT2D eigenvalue weighted by Crippen LogP contribution is 2.27. The third-order valence-electron chi connectivity index (χ3n) is 2.63. The molecule has 0 aliphatic heterocycles. The summed E-state index contributed by atoms with van der Waals surface area (Å²) < 4.78 is 5.18. The molecule has 1 aromatic heterocycles. The fourth-order valence-corrected chi connectivity index (χ4v) is 1.89. The predicted molar refractivity (Wildman–Crippen MR) is 58.1 cm³/mol. The lowest BCUT2D eigenvalue weighted by Gasteiger charge is -1.96. The van der Waals surface area contributed by atoms with Crippen LogP contribution in [-0.4, -0.2) is 5.97 Å². The first-order valence-electron chi connectivity index (χ1n) is 4.88. The number of carboxylic acids is 1. The van der Waals surface area contributed by atoms with Gasteiger partial charge >= 0.3 is 0 Å². The number of fused-ring (bicyclic) bond motifs is 3. The van der Waals surface area contributed by atoms with Gasteiger partial charge in [-0.1, -0.05) is 30.3 Å². The molecule has 16 heavy (non-hydrogen) atoms. The Bertz CT molecular complexity index is 695.